The Labute approximate surface area is 163 Å². The van der Waals surface area contributed by atoms with Gasteiger partial charge in [-0.1, -0.05) is 6.92 Å². The van der Waals surface area contributed by atoms with Crippen molar-refractivity contribution in [3.63, 3.8) is 0 Å². The Morgan fingerprint density at radius 2 is 1.93 bits per heavy atom. The summed E-state index contributed by atoms with van der Waals surface area (Å²) in [5.41, 5.74) is 0.349. The van der Waals surface area contributed by atoms with E-state index in [2.05, 4.69) is 40.8 Å². The molecular weight excluding hydrogens is 338 g/mol. The minimum atomic E-state index is 0.349. The second kappa shape index (κ2) is 7.96. The summed E-state index contributed by atoms with van der Waals surface area (Å²) in [4.78, 5) is 19.7. The molecule has 1 spiro atoms. The van der Waals surface area contributed by atoms with Crippen molar-refractivity contribution in [2.45, 2.75) is 64.5 Å². The average Bonchev–Trinajstić information content (AvgIpc) is 3.29. The van der Waals surface area contributed by atoms with E-state index in [0.717, 1.165) is 82.9 Å². The molecule has 1 atom stereocenters. The number of hydrogen-bond acceptors (Lipinski definition) is 4. The first kappa shape index (κ1) is 19.0. The van der Waals surface area contributed by atoms with Crippen LogP contribution in [0.25, 0.3) is 0 Å². The first-order valence-corrected chi connectivity index (χ1v) is 10.8. The van der Waals surface area contributed by atoms with E-state index in [0.29, 0.717) is 17.4 Å². The highest BCUT2D eigenvalue weighted by molar-refractivity contribution is 5.77. The highest BCUT2D eigenvalue weighted by Crippen LogP contribution is 2.41. The van der Waals surface area contributed by atoms with Crippen LogP contribution >= 0.6 is 0 Å². The average molecular weight is 374 g/mol. The van der Waals surface area contributed by atoms with Crippen LogP contribution in [0.15, 0.2) is 16.5 Å². The van der Waals surface area contributed by atoms with E-state index in [-0.39, 0.29) is 0 Å². The topological polar surface area (TPSA) is 39.9 Å². The largest absolute Gasteiger partial charge is 0.465 e. The van der Waals surface area contributed by atoms with Gasteiger partial charge in [0.15, 0.2) is 0 Å². The molecule has 5 heteroatoms. The standard InChI is InChI=1S/C22H35N3O2/c1-3-4-19-5-6-20(27-19)16-24-13-10-22(11-14-24)9-7-21(26)25(17-22)18-8-12-23(2)15-18/h5-6,18H,3-4,7-17H2,1-2H3. The molecule has 0 bridgehead atoms. The lowest BCUT2D eigenvalue weighted by Gasteiger charge is -2.49. The number of furan rings is 1. The number of carbonyl (C=O) groups is 1. The second-order valence-corrected chi connectivity index (χ2v) is 9.12. The Bertz CT molecular complexity index is 648. The number of rotatable bonds is 5. The molecule has 3 aliphatic heterocycles. The Morgan fingerprint density at radius 3 is 2.63 bits per heavy atom. The van der Waals surface area contributed by atoms with Crippen LogP contribution < -0.4 is 0 Å². The van der Waals surface area contributed by atoms with E-state index in [1.54, 1.807) is 0 Å². The van der Waals surface area contributed by atoms with E-state index >= 15 is 0 Å². The molecule has 5 nitrogen and oxygen atoms in total. The lowest BCUT2D eigenvalue weighted by Crippen LogP contribution is -2.54. The Morgan fingerprint density at radius 1 is 1.15 bits per heavy atom. The van der Waals surface area contributed by atoms with Gasteiger partial charge in [-0.15, -0.1) is 0 Å². The molecule has 3 saturated heterocycles. The van der Waals surface area contributed by atoms with E-state index < -0.39 is 0 Å². The molecule has 1 aromatic heterocycles. The van der Waals surface area contributed by atoms with Crippen molar-refractivity contribution >= 4 is 5.91 Å². The molecule has 1 aromatic rings. The zero-order chi connectivity index (χ0) is 18.9. The summed E-state index contributed by atoms with van der Waals surface area (Å²) in [5, 5.41) is 0. The van der Waals surface area contributed by atoms with E-state index in [1.165, 1.54) is 12.8 Å². The van der Waals surface area contributed by atoms with E-state index in [4.69, 9.17) is 4.42 Å². The number of aryl methyl sites for hydroxylation is 1. The zero-order valence-corrected chi connectivity index (χ0v) is 17.1. The van der Waals surface area contributed by atoms with Crippen molar-refractivity contribution in [3.05, 3.63) is 23.7 Å². The molecule has 1 unspecified atom stereocenters. The number of likely N-dealkylation sites (tertiary alicyclic amines) is 3. The van der Waals surface area contributed by atoms with Crippen LogP contribution in [-0.2, 0) is 17.8 Å². The number of amides is 1. The first-order valence-electron chi connectivity index (χ1n) is 10.8. The number of carbonyl (C=O) groups excluding carboxylic acids is 1. The van der Waals surface area contributed by atoms with Crippen LogP contribution in [0.1, 0.15) is 57.0 Å². The molecule has 0 aliphatic carbocycles. The maximum Gasteiger partial charge on any atom is 0.222 e. The van der Waals surface area contributed by atoms with Gasteiger partial charge in [-0.25, -0.2) is 0 Å². The molecule has 0 aromatic carbocycles. The molecule has 0 radical (unpaired) electrons. The molecule has 27 heavy (non-hydrogen) atoms. The third kappa shape index (κ3) is 4.24. The summed E-state index contributed by atoms with van der Waals surface area (Å²) in [6.07, 6.45) is 7.56. The van der Waals surface area contributed by atoms with Crippen LogP contribution in [0.4, 0.5) is 0 Å². The molecule has 4 heterocycles. The van der Waals surface area contributed by atoms with Crippen LogP contribution in [0.2, 0.25) is 0 Å². The normalized spacial score (nSPS) is 27.0. The van der Waals surface area contributed by atoms with Gasteiger partial charge in [0.25, 0.3) is 0 Å². The number of hydrogen-bond donors (Lipinski definition) is 0. The molecule has 0 N–H and O–H groups in total. The smallest absolute Gasteiger partial charge is 0.222 e. The van der Waals surface area contributed by atoms with Crippen LogP contribution in [-0.4, -0.2) is 66.4 Å². The van der Waals surface area contributed by atoms with Crippen molar-refractivity contribution < 1.29 is 9.21 Å². The number of nitrogens with zero attached hydrogens (tertiary/aromatic N) is 3. The molecule has 4 rings (SSSR count). The summed E-state index contributed by atoms with van der Waals surface area (Å²) in [6, 6.07) is 4.72. The predicted octanol–water partition coefficient (Wildman–Crippen LogP) is 3.14. The van der Waals surface area contributed by atoms with Crippen molar-refractivity contribution in [3.8, 4) is 0 Å². The fraction of sp³-hybridized carbons (Fsp3) is 0.773. The van der Waals surface area contributed by atoms with E-state index in [1.807, 2.05) is 0 Å². The SMILES string of the molecule is CCCc1ccc(CN2CCC3(CCC(=O)N(C4CCN(C)C4)C3)CC2)o1. The zero-order valence-electron chi connectivity index (χ0n) is 17.1. The second-order valence-electron chi connectivity index (χ2n) is 9.12. The Hall–Kier alpha value is -1.33. The van der Waals surface area contributed by atoms with Crippen LogP contribution in [0.5, 0.6) is 0 Å². The lowest BCUT2D eigenvalue weighted by atomic mass is 9.72. The van der Waals surface area contributed by atoms with Gasteiger partial charge in [0.05, 0.1) is 6.54 Å². The Balaban J connectivity index is 1.32. The first-order chi connectivity index (χ1) is 13.1. The summed E-state index contributed by atoms with van der Waals surface area (Å²) in [5.74, 6) is 2.61. The fourth-order valence-corrected chi connectivity index (χ4v) is 5.25. The summed E-state index contributed by atoms with van der Waals surface area (Å²) >= 11 is 0. The van der Waals surface area contributed by atoms with Gasteiger partial charge in [0.2, 0.25) is 5.91 Å². The maximum atomic E-state index is 12.6. The molecule has 150 valence electrons. The predicted molar refractivity (Wildman–Crippen MR) is 106 cm³/mol. The summed E-state index contributed by atoms with van der Waals surface area (Å²) in [6.45, 7) is 8.52. The van der Waals surface area contributed by atoms with Gasteiger partial charge >= 0.3 is 0 Å². The number of piperidine rings is 2. The van der Waals surface area contributed by atoms with Crippen molar-refractivity contribution in [2.75, 3.05) is 39.8 Å². The third-order valence-electron chi connectivity index (χ3n) is 7.01. The lowest BCUT2D eigenvalue weighted by molar-refractivity contribution is -0.142. The minimum absolute atomic E-state index is 0.349. The van der Waals surface area contributed by atoms with Gasteiger partial charge in [0, 0.05) is 32.0 Å². The fourth-order valence-electron chi connectivity index (χ4n) is 5.25. The van der Waals surface area contributed by atoms with Gasteiger partial charge in [-0.05, 0) is 76.3 Å². The third-order valence-corrected chi connectivity index (χ3v) is 7.01. The molecule has 1 amide bonds. The monoisotopic (exact) mass is 373 g/mol. The quantitative estimate of drug-likeness (QED) is 0.795. The van der Waals surface area contributed by atoms with Gasteiger partial charge in [0.1, 0.15) is 11.5 Å². The number of likely N-dealkylation sites (N-methyl/N-ethyl adjacent to an activating group) is 1. The molecule has 3 fully saturated rings. The van der Waals surface area contributed by atoms with Crippen molar-refractivity contribution in [1.29, 1.82) is 0 Å². The highest BCUT2D eigenvalue weighted by Gasteiger charge is 2.43. The van der Waals surface area contributed by atoms with Gasteiger partial charge in [-0.2, -0.15) is 0 Å². The molecule has 3 aliphatic rings. The minimum Gasteiger partial charge on any atom is -0.465 e. The maximum absolute atomic E-state index is 12.6. The summed E-state index contributed by atoms with van der Waals surface area (Å²) in [7, 11) is 2.17. The van der Waals surface area contributed by atoms with Crippen molar-refractivity contribution in [2.24, 2.45) is 5.41 Å². The van der Waals surface area contributed by atoms with Gasteiger partial charge in [-0.3, -0.25) is 9.69 Å². The van der Waals surface area contributed by atoms with Gasteiger partial charge < -0.3 is 14.2 Å². The molecular formula is C22H35N3O2. The molecule has 0 saturated carbocycles. The highest BCUT2D eigenvalue weighted by atomic mass is 16.3. The summed E-state index contributed by atoms with van der Waals surface area (Å²) < 4.78 is 5.97. The van der Waals surface area contributed by atoms with Crippen LogP contribution in [0, 0.1) is 5.41 Å². The van der Waals surface area contributed by atoms with E-state index in [9.17, 15) is 4.79 Å². The van der Waals surface area contributed by atoms with Crippen molar-refractivity contribution in [1.82, 2.24) is 14.7 Å². The van der Waals surface area contributed by atoms with Crippen LogP contribution in [0.3, 0.4) is 0 Å². The Kier molecular flexibility index (Phi) is 5.60.